The van der Waals surface area contributed by atoms with Crippen molar-refractivity contribution in [3.63, 3.8) is 0 Å². The summed E-state index contributed by atoms with van der Waals surface area (Å²) in [7, 11) is -2.72. The quantitative estimate of drug-likeness (QED) is 0.681. The van der Waals surface area contributed by atoms with Gasteiger partial charge in [0.1, 0.15) is 11.3 Å². The van der Waals surface area contributed by atoms with E-state index in [9.17, 15) is 21.6 Å². The van der Waals surface area contributed by atoms with Gasteiger partial charge < -0.3 is 4.74 Å². The van der Waals surface area contributed by atoms with Gasteiger partial charge in [0.2, 0.25) is 0 Å². The standard InChI is InChI=1S/C19H16F3N3O3S/c1-28-15-7-8-17-12(9-15)5-6-13-11-23-25(18(13)17)24-29(26,27)16-4-2-3-14(10-16)19(20,21)22/h4-11,24H,2-3H2,1H3. The Bertz CT molecular complexity index is 1270. The molecule has 0 radical (unpaired) electrons. The van der Waals surface area contributed by atoms with Gasteiger partial charge in [-0.05, 0) is 42.5 Å². The molecule has 2 aromatic carbocycles. The van der Waals surface area contributed by atoms with Gasteiger partial charge in [-0.3, -0.25) is 0 Å². The predicted octanol–water partition coefficient (Wildman–Crippen LogP) is 4.24. The number of methoxy groups -OCH3 is 1. The number of rotatable bonds is 4. The lowest BCUT2D eigenvalue weighted by Crippen LogP contribution is -2.26. The number of hydrogen-bond acceptors (Lipinski definition) is 4. The second-order valence-electron chi connectivity index (χ2n) is 6.55. The van der Waals surface area contributed by atoms with Crippen LogP contribution in [0.1, 0.15) is 12.8 Å². The maximum Gasteiger partial charge on any atom is 0.412 e. The highest BCUT2D eigenvalue weighted by molar-refractivity contribution is 7.96. The second-order valence-corrected chi connectivity index (χ2v) is 8.21. The van der Waals surface area contributed by atoms with Gasteiger partial charge in [0.05, 0.1) is 18.2 Å². The van der Waals surface area contributed by atoms with Crippen LogP contribution in [0.3, 0.4) is 0 Å². The molecular weight excluding hydrogens is 407 g/mol. The number of sulfonamides is 1. The van der Waals surface area contributed by atoms with E-state index in [2.05, 4.69) is 9.93 Å². The fourth-order valence-corrected chi connectivity index (χ4v) is 4.38. The molecule has 152 valence electrons. The van der Waals surface area contributed by atoms with Gasteiger partial charge in [-0.2, -0.15) is 36.3 Å². The van der Waals surface area contributed by atoms with E-state index in [1.165, 1.54) is 12.3 Å². The fourth-order valence-electron chi connectivity index (χ4n) is 3.27. The Hall–Kier alpha value is -3.01. The number of nitrogens with zero attached hydrogens (tertiary/aromatic N) is 2. The summed E-state index contributed by atoms with van der Waals surface area (Å²) in [5.41, 5.74) is -0.381. The van der Waals surface area contributed by atoms with Crippen LogP contribution in [0.2, 0.25) is 0 Å². The molecule has 1 aromatic heterocycles. The maximum absolute atomic E-state index is 13.0. The maximum atomic E-state index is 13.0. The lowest BCUT2D eigenvalue weighted by atomic mass is 10.1. The molecule has 0 spiro atoms. The first-order valence-corrected chi connectivity index (χ1v) is 10.1. The van der Waals surface area contributed by atoms with Crippen molar-refractivity contribution in [1.82, 2.24) is 9.89 Å². The number of ether oxygens (including phenoxy) is 1. The second kappa shape index (κ2) is 6.80. The molecule has 0 bridgehead atoms. The molecule has 4 rings (SSSR count). The van der Waals surface area contributed by atoms with Gasteiger partial charge in [-0.25, -0.2) is 0 Å². The molecule has 3 aromatic rings. The minimum Gasteiger partial charge on any atom is -0.497 e. The summed E-state index contributed by atoms with van der Waals surface area (Å²) < 4.78 is 69.6. The first-order chi connectivity index (χ1) is 13.7. The Balaban J connectivity index is 1.77. The van der Waals surface area contributed by atoms with Crippen LogP contribution >= 0.6 is 0 Å². The fraction of sp³-hybridized carbons (Fsp3) is 0.211. The van der Waals surface area contributed by atoms with Crippen molar-refractivity contribution in [3.05, 3.63) is 59.2 Å². The molecule has 0 atom stereocenters. The van der Waals surface area contributed by atoms with Gasteiger partial charge >= 0.3 is 6.18 Å². The molecule has 0 fully saturated rings. The average Bonchev–Trinajstić information content (AvgIpc) is 3.09. The molecule has 10 heteroatoms. The third kappa shape index (κ3) is 3.55. The number of allylic oxidation sites excluding steroid dienone is 3. The number of hydrogen-bond donors (Lipinski definition) is 1. The van der Waals surface area contributed by atoms with Gasteiger partial charge in [0, 0.05) is 16.3 Å². The van der Waals surface area contributed by atoms with Crippen molar-refractivity contribution in [3.8, 4) is 5.75 Å². The molecule has 1 aliphatic rings. The highest BCUT2D eigenvalue weighted by Gasteiger charge is 2.35. The van der Waals surface area contributed by atoms with Crippen molar-refractivity contribution in [2.24, 2.45) is 0 Å². The lowest BCUT2D eigenvalue weighted by Gasteiger charge is -2.17. The van der Waals surface area contributed by atoms with E-state index < -0.39 is 26.7 Å². The van der Waals surface area contributed by atoms with Crippen LogP contribution in [0.25, 0.3) is 21.7 Å². The Morgan fingerprint density at radius 3 is 2.66 bits per heavy atom. The van der Waals surface area contributed by atoms with E-state index >= 15 is 0 Å². The van der Waals surface area contributed by atoms with E-state index in [-0.39, 0.29) is 12.8 Å². The molecule has 0 saturated carbocycles. The van der Waals surface area contributed by atoms with Crippen LogP contribution in [0.5, 0.6) is 5.75 Å². The molecule has 1 heterocycles. The van der Waals surface area contributed by atoms with Crippen molar-refractivity contribution >= 4 is 31.7 Å². The Kier molecular flexibility index (Phi) is 4.53. The van der Waals surface area contributed by atoms with Gasteiger partial charge in [0.15, 0.2) is 0 Å². The zero-order valence-electron chi connectivity index (χ0n) is 15.2. The van der Waals surface area contributed by atoms with Gasteiger partial charge in [-0.15, -0.1) is 0 Å². The first-order valence-electron chi connectivity index (χ1n) is 8.64. The molecule has 6 nitrogen and oxygen atoms in total. The van der Waals surface area contributed by atoms with Crippen molar-refractivity contribution < 1.29 is 26.3 Å². The normalized spacial score (nSPS) is 15.3. The molecule has 0 aliphatic heterocycles. The van der Waals surface area contributed by atoms with Crippen LogP contribution in [-0.4, -0.2) is 31.6 Å². The van der Waals surface area contributed by atoms with Gasteiger partial charge in [-0.1, -0.05) is 18.2 Å². The highest BCUT2D eigenvalue weighted by Crippen LogP contribution is 2.34. The monoisotopic (exact) mass is 423 g/mol. The summed E-state index contributed by atoms with van der Waals surface area (Å²) in [4.78, 5) is 2.91. The van der Waals surface area contributed by atoms with Crippen molar-refractivity contribution in [1.29, 1.82) is 0 Å². The predicted molar refractivity (Wildman–Crippen MR) is 104 cm³/mol. The van der Waals surface area contributed by atoms with E-state index in [1.54, 1.807) is 31.4 Å². The van der Waals surface area contributed by atoms with E-state index in [0.717, 1.165) is 10.2 Å². The zero-order chi connectivity index (χ0) is 20.8. The Labute approximate surface area is 164 Å². The SMILES string of the molecule is COc1ccc2c(ccc3cnn(NS(=O)(=O)C4=CCCC(C(F)(F)F)=C4)c32)c1. The number of nitrogens with one attached hydrogen (secondary N) is 1. The van der Waals surface area contributed by atoms with E-state index in [4.69, 9.17) is 4.74 Å². The zero-order valence-corrected chi connectivity index (χ0v) is 16.0. The first kappa shape index (κ1) is 19.3. The number of alkyl halides is 3. The topological polar surface area (TPSA) is 73.2 Å². The molecule has 1 N–H and O–H groups in total. The summed E-state index contributed by atoms with van der Waals surface area (Å²) in [6.45, 7) is 0. The minimum atomic E-state index is -4.57. The third-order valence-corrected chi connectivity index (χ3v) is 6.03. The third-order valence-electron chi connectivity index (χ3n) is 4.71. The summed E-state index contributed by atoms with van der Waals surface area (Å²) in [6, 6.07) is 8.92. The number of aromatic nitrogens is 2. The molecular formula is C19H16F3N3O3S. The Morgan fingerprint density at radius 1 is 1.17 bits per heavy atom. The molecule has 1 aliphatic carbocycles. The number of benzene rings is 2. The summed E-state index contributed by atoms with van der Waals surface area (Å²) in [5.74, 6) is 0.640. The molecule has 29 heavy (non-hydrogen) atoms. The molecule has 0 amide bonds. The highest BCUT2D eigenvalue weighted by atomic mass is 32.2. The largest absolute Gasteiger partial charge is 0.497 e. The van der Waals surface area contributed by atoms with Crippen molar-refractivity contribution in [2.75, 3.05) is 11.9 Å². The Morgan fingerprint density at radius 2 is 1.93 bits per heavy atom. The van der Waals surface area contributed by atoms with E-state index in [1.807, 2.05) is 6.07 Å². The molecule has 0 saturated heterocycles. The smallest absolute Gasteiger partial charge is 0.412 e. The summed E-state index contributed by atoms with van der Waals surface area (Å²) in [5, 5.41) is 6.25. The molecule has 0 unspecified atom stereocenters. The number of fused-ring (bicyclic) bond motifs is 3. The number of halogens is 3. The van der Waals surface area contributed by atoms with Crippen LogP contribution in [0, 0.1) is 0 Å². The average molecular weight is 423 g/mol. The summed E-state index contributed by atoms with van der Waals surface area (Å²) in [6.07, 6.45) is -1.41. The van der Waals surface area contributed by atoms with Gasteiger partial charge in [0.25, 0.3) is 10.0 Å². The van der Waals surface area contributed by atoms with Crippen LogP contribution in [0.4, 0.5) is 13.2 Å². The summed E-state index contributed by atoms with van der Waals surface area (Å²) >= 11 is 0. The van der Waals surface area contributed by atoms with Crippen LogP contribution in [-0.2, 0) is 10.0 Å². The van der Waals surface area contributed by atoms with Crippen molar-refractivity contribution in [2.45, 2.75) is 19.0 Å². The van der Waals surface area contributed by atoms with Crippen LogP contribution < -0.4 is 9.57 Å². The minimum absolute atomic E-state index is 0.00976. The van der Waals surface area contributed by atoms with E-state index in [0.29, 0.717) is 28.1 Å². The lowest BCUT2D eigenvalue weighted by molar-refractivity contribution is -0.0940. The van der Waals surface area contributed by atoms with Crippen LogP contribution in [0.15, 0.2) is 59.2 Å².